The van der Waals surface area contributed by atoms with Crippen LogP contribution in [-0.4, -0.2) is 22.8 Å². The van der Waals surface area contributed by atoms with Crippen molar-refractivity contribution in [2.45, 2.75) is 25.4 Å². The first-order valence-electron chi connectivity index (χ1n) is 7.45. The molecule has 1 aromatic carbocycles. The van der Waals surface area contributed by atoms with Crippen molar-refractivity contribution in [3.8, 4) is 0 Å². The smallest absolute Gasteiger partial charge is 0.324 e. The zero-order chi connectivity index (χ0) is 17.1. The van der Waals surface area contributed by atoms with Crippen LogP contribution in [0.3, 0.4) is 0 Å². The molecular weight excluding hydrogens is 330 g/mol. The highest BCUT2D eigenvalue weighted by Crippen LogP contribution is 2.23. The number of rotatable bonds is 6. The van der Waals surface area contributed by atoms with Gasteiger partial charge in [0, 0.05) is 24.2 Å². The maximum Gasteiger partial charge on any atom is 0.324 e. The standard InChI is InChI=1S/C16H15N3O4S/c20-15(18-12-5-6-12)11-3-1-10(2-4-11)9-17-16(21)13-7-8-14(24-13)19(22)23/h1-4,7-8,12H,5-6,9H2,(H,17,21)(H,18,20). The predicted octanol–water partition coefficient (Wildman–Crippen LogP) is 2.48. The van der Waals surface area contributed by atoms with E-state index in [1.807, 2.05) is 0 Å². The highest BCUT2D eigenvalue weighted by Gasteiger charge is 2.23. The molecule has 0 aliphatic heterocycles. The predicted molar refractivity (Wildman–Crippen MR) is 89.1 cm³/mol. The van der Waals surface area contributed by atoms with Crippen LogP contribution in [0.1, 0.15) is 38.4 Å². The molecule has 24 heavy (non-hydrogen) atoms. The summed E-state index contributed by atoms with van der Waals surface area (Å²) in [5.74, 6) is -0.442. The van der Waals surface area contributed by atoms with E-state index in [-0.39, 0.29) is 23.4 Å². The molecule has 124 valence electrons. The zero-order valence-electron chi connectivity index (χ0n) is 12.7. The average Bonchev–Trinajstić information content (AvgIpc) is 3.24. The fraction of sp³-hybridized carbons (Fsp3) is 0.250. The van der Waals surface area contributed by atoms with Crippen LogP contribution in [-0.2, 0) is 6.54 Å². The highest BCUT2D eigenvalue weighted by molar-refractivity contribution is 7.17. The summed E-state index contributed by atoms with van der Waals surface area (Å²) >= 11 is 0.838. The number of amides is 2. The number of carbonyl (C=O) groups is 2. The van der Waals surface area contributed by atoms with Crippen LogP contribution >= 0.6 is 11.3 Å². The van der Waals surface area contributed by atoms with Gasteiger partial charge in [-0.15, -0.1) is 0 Å². The molecule has 0 saturated heterocycles. The Morgan fingerprint density at radius 2 is 1.83 bits per heavy atom. The van der Waals surface area contributed by atoms with Crippen LogP contribution < -0.4 is 10.6 Å². The third kappa shape index (κ3) is 3.96. The van der Waals surface area contributed by atoms with E-state index in [1.54, 1.807) is 24.3 Å². The van der Waals surface area contributed by atoms with E-state index >= 15 is 0 Å². The van der Waals surface area contributed by atoms with E-state index in [9.17, 15) is 19.7 Å². The Balaban J connectivity index is 1.54. The van der Waals surface area contributed by atoms with Crippen molar-refractivity contribution in [2.75, 3.05) is 0 Å². The van der Waals surface area contributed by atoms with E-state index in [4.69, 9.17) is 0 Å². The van der Waals surface area contributed by atoms with Gasteiger partial charge in [-0.05, 0) is 36.6 Å². The number of hydrogen-bond donors (Lipinski definition) is 2. The molecule has 1 saturated carbocycles. The van der Waals surface area contributed by atoms with E-state index < -0.39 is 4.92 Å². The summed E-state index contributed by atoms with van der Waals surface area (Å²) in [6.07, 6.45) is 2.08. The zero-order valence-corrected chi connectivity index (χ0v) is 13.5. The number of carbonyl (C=O) groups excluding carboxylic acids is 2. The summed E-state index contributed by atoms with van der Waals surface area (Å²) in [6, 6.07) is 10.0. The second-order valence-electron chi connectivity index (χ2n) is 5.52. The van der Waals surface area contributed by atoms with Crippen LogP contribution in [0.5, 0.6) is 0 Å². The molecule has 2 amide bonds. The Bertz CT molecular complexity index is 781. The van der Waals surface area contributed by atoms with Gasteiger partial charge in [0.05, 0.1) is 9.80 Å². The lowest BCUT2D eigenvalue weighted by atomic mass is 10.1. The highest BCUT2D eigenvalue weighted by atomic mass is 32.1. The van der Waals surface area contributed by atoms with Gasteiger partial charge in [-0.25, -0.2) is 0 Å². The minimum Gasteiger partial charge on any atom is -0.349 e. The number of hydrogen-bond acceptors (Lipinski definition) is 5. The van der Waals surface area contributed by atoms with Crippen LogP contribution in [0, 0.1) is 10.1 Å². The SMILES string of the molecule is O=C(NC1CC1)c1ccc(CNC(=O)c2ccc([N+](=O)[O-])s2)cc1. The van der Waals surface area contributed by atoms with Crippen LogP contribution in [0.25, 0.3) is 0 Å². The molecule has 1 fully saturated rings. The van der Waals surface area contributed by atoms with Crippen LogP contribution in [0.2, 0.25) is 0 Å². The Labute approximate surface area is 141 Å². The second kappa shape index (κ2) is 6.79. The van der Waals surface area contributed by atoms with Gasteiger partial charge in [-0.1, -0.05) is 23.5 Å². The molecule has 0 radical (unpaired) electrons. The molecule has 1 heterocycles. The van der Waals surface area contributed by atoms with Crippen molar-refractivity contribution < 1.29 is 14.5 Å². The van der Waals surface area contributed by atoms with Gasteiger partial charge >= 0.3 is 5.00 Å². The second-order valence-corrected chi connectivity index (χ2v) is 6.58. The van der Waals surface area contributed by atoms with Gasteiger partial charge in [0.25, 0.3) is 11.8 Å². The minimum atomic E-state index is -0.521. The van der Waals surface area contributed by atoms with Crippen molar-refractivity contribution in [1.82, 2.24) is 10.6 Å². The van der Waals surface area contributed by atoms with Gasteiger partial charge in [0.1, 0.15) is 0 Å². The molecule has 3 rings (SSSR count). The van der Waals surface area contributed by atoms with Crippen molar-refractivity contribution in [3.63, 3.8) is 0 Å². The van der Waals surface area contributed by atoms with E-state index in [2.05, 4.69) is 10.6 Å². The first-order chi connectivity index (χ1) is 11.5. The van der Waals surface area contributed by atoms with E-state index in [0.29, 0.717) is 16.5 Å². The minimum absolute atomic E-state index is 0.0637. The molecule has 7 nitrogen and oxygen atoms in total. The number of nitrogens with zero attached hydrogens (tertiary/aromatic N) is 1. The Morgan fingerprint density at radius 1 is 1.12 bits per heavy atom. The number of thiophene rings is 1. The molecule has 1 aliphatic carbocycles. The lowest BCUT2D eigenvalue weighted by molar-refractivity contribution is -0.380. The summed E-state index contributed by atoms with van der Waals surface area (Å²) in [6.45, 7) is 0.287. The average molecular weight is 345 g/mol. The van der Waals surface area contributed by atoms with Gasteiger partial charge in [0.2, 0.25) is 0 Å². The molecule has 1 aliphatic rings. The lowest BCUT2D eigenvalue weighted by Gasteiger charge is -2.06. The largest absolute Gasteiger partial charge is 0.349 e. The van der Waals surface area contributed by atoms with Gasteiger partial charge in [0.15, 0.2) is 0 Å². The van der Waals surface area contributed by atoms with Crippen molar-refractivity contribution in [1.29, 1.82) is 0 Å². The molecule has 0 spiro atoms. The summed E-state index contributed by atoms with van der Waals surface area (Å²) in [5.41, 5.74) is 1.43. The normalized spacial score (nSPS) is 13.3. The van der Waals surface area contributed by atoms with Gasteiger partial charge in [-0.3, -0.25) is 19.7 Å². The first-order valence-corrected chi connectivity index (χ1v) is 8.27. The Hall–Kier alpha value is -2.74. The van der Waals surface area contributed by atoms with Crippen molar-refractivity contribution in [2.24, 2.45) is 0 Å². The number of nitro groups is 1. The van der Waals surface area contributed by atoms with Gasteiger partial charge < -0.3 is 10.6 Å². The molecule has 2 N–H and O–H groups in total. The number of benzene rings is 1. The molecule has 8 heteroatoms. The maximum absolute atomic E-state index is 12.0. The van der Waals surface area contributed by atoms with Crippen molar-refractivity contribution in [3.05, 3.63) is 62.5 Å². The van der Waals surface area contributed by atoms with Crippen LogP contribution in [0.4, 0.5) is 5.00 Å². The Kier molecular flexibility index (Phi) is 4.57. The van der Waals surface area contributed by atoms with Crippen LogP contribution in [0.15, 0.2) is 36.4 Å². The third-order valence-electron chi connectivity index (χ3n) is 3.58. The number of nitrogens with one attached hydrogen (secondary N) is 2. The quantitative estimate of drug-likeness (QED) is 0.620. The molecule has 0 bridgehead atoms. The fourth-order valence-electron chi connectivity index (χ4n) is 2.09. The molecule has 2 aromatic rings. The third-order valence-corrected chi connectivity index (χ3v) is 4.61. The molecule has 0 atom stereocenters. The molecule has 0 unspecified atom stereocenters. The van der Waals surface area contributed by atoms with Crippen molar-refractivity contribution >= 4 is 28.2 Å². The summed E-state index contributed by atoms with van der Waals surface area (Å²) in [5, 5.41) is 16.2. The monoisotopic (exact) mass is 345 g/mol. The Morgan fingerprint density at radius 3 is 2.42 bits per heavy atom. The fourth-order valence-corrected chi connectivity index (χ4v) is 2.82. The van der Waals surface area contributed by atoms with E-state index in [1.165, 1.54) is 12.1 Å². The van der Waals surface area contributed by atoms with E-state index in [0.717, 1.165) is 29.7 Å². The van der Waals surface area contributed by atoms with Gasteiger partial charge in [-0.2, -0.15) is 0 Å². The molecule has 1 aromatic heterocycles. The molecular formula is C16H15N3O4S. The first kappa shape index (κ1) is 16.1. The topological polar surface area (TPSA) is 101 Å². The lowest BCUT2D eigenvalue weighted by Crippen LogP contribution is -2.25. The maximum atomic E-state index is 12.0. The summed E-state index contributed by atoms with van der Waals surface area (Å²) in [7, 11) is 0. The summed E-state index contributed by atoms with van der Waals surface area (Å²) < 4.78 is 0. The summed E-state index contributed by atoms with van der Waals surface area (Å²) in [4.78, 5) is 34.2.